The number of hydrogen-bond donors (Lipinski definition) is 1. The van der Waals surface area contributed by atoms with Crippen molar-refractivity contribution in [3.63, 3.8) is 0 Å². The van der Waals surface area contributed by atoms with Gasteiger partial charge in [-0.3, -0.25) is 0 Å². The Kier molecular flexibility index (Phi) is 8.67. The van der Waals surface area contributed by atoms with Crippen LogP contribution in [0.25, 0.3) is 0 Å². The molecule has 0 spiro atoms. The smallest absolute Gasteiger partial charge is 0.192 e. The minimum atomic E-state index is -1.79. The second-order valence-corrected chi connectivity index (χ2v) is 26.5. The SMILES string of the molecule is CC[C@H]1C(O[Si](C)(C)C)[C@@H]2[C@H](CCC3(C)C([C@H](C)CO)CC[C@@H]23)C2(C)CCC(O[Si](C)(C)C(C)(C)C)CC12. The van der Waals surface area contributed by atoms with Gasteiger partial charge >= 0.3 is 0 Å². The highest BCUT2D eigenvalue weighted by molar-refractivity contribution is 6.74. The first-order chi connectivity index (χ1) is 17.4. The van der Waals surface area contributed by atoms with Gasteiger partial charge in [-0.25, -0.2) is 0 Å². The van der Waals surface area contributed by atoms with E-state index in [1.54, 1.807) is 0 Å². The minimum Gasteiger partial charge on any atom is -0.414 e. The Bertz CT molecular complexity index is 831. The molecule has 222 valence electrons. The highest BCUT2D eigenvalue weighted by Crippen LogP contribution is 2.70. The fourth-order valence-corrected chi connectivity index (χ4v) is 12.8. The highest BCUT2D eigenvalue weighted by atomic mass is 28.4. The van der Waals surface area contributed by atoms with Crippen LogP contribution in [-0.4, -0.2) is 40.6 Å². The van der Waals surface area contributed by atoms with Crippen LogP contribution in [0.2, 0.25) is 37.8 Å². The van der Waals surface area contributed by atoms with E-state index in [0.717, 1.165) is 11.8 Å². The monoisotopic (exact) mass is 564 g/mol. The maximum atomic E-state index is 10.1. The summed E-state index contributed by atoms with van der Waals surface area (Å²) in [7, 11) is -3.51. The van der Waals surface area contributed by atoms with E-state index >= 15 is 0 Å². The van der Waals surface area contributed by atoms with E-state index in [9.17, 15) is 5.11 Å². The van der Waals surface area contributed by atoms with Gasteiger partial charge in [0.2, 0.25) is 0 Å². The van der Waals surface area contributed by atoms with Crippen LogP contribution in [-0.2, 0) is 8.85 Å². The number of rotatable bonds is 7. The molecule has 3 nitrogen and oxygen atoms in total. The summed E-state index contributed by atoms with van der Waals surface area (Å²) in [5.74, 6) is 4.61. The van der Waals surface area contributed by atoms with Gasteiger partial charge in [0.15, 0.2) is 16.6 Å². The Balaban J connectivity index is 1.70. The lowest BCUT2D eigenvalue weighted by molar-refractivity contribution is -0.197. The lowest BCUT2D eigenvalue weighted by Gasteiger charge is -2.66. The molecule has 0 aliphatic heterocycles. The molecule has 4 aliphatic rings. The molecule has 4 fully saturated rings. The lowest BCUT2D eigenvalue weighted by Crippen LogP contribution is -2.64. The largest absolute Gasteiger partial charge is 0.414 e. The second kappa shape index (κ2) is 10.5. The molecule has 38 heavy (non-hydrogen) atoms. The molecule has 4 aliphatic carbocycles. The summed E-state index contributed by atoms with van der Waals surface area (Å²) in [5, 5.41) is 10.4. The van der Waals surface area contributed by atoms with E-state index in [1.807, 2.05) is 0 Å². The summed E-state index contributed by atoms with van der Waals surface area (Å²) in [6.07, 6.45) is 11.2. The fraction of sp³-hybridized carbons (Fsp3) is 1.00. The number of hydrogen-bond acceptors (Lipinski definition) is 3. The van der Waals surface area contributed by atoms with Gasteiger partial charge in [-0.15, -0.1) is 0 Å². The molecule has 0 radical (unpaired) electrons. The van der Waals surface area contributed by atoms with E-state index in [-0.39, 0.29) is 5.04 Å². The molecule has 4 saturated carbocycles. The predicted molar refractivity (Wildman–Crippen MR) is 166 cm³/mol. The summed E-state index contributed by atoms with van der Waals surface area (Å²) in [4.78, 5) is 0. The third-order valence-corrected chi connectivity index (χ3v) is 18.7. The maximum Gasteiger partial charge on any atom is 0.192 e. The first-order valence-corrected chi connectivity index (χ1v) is 22.7. The van der Waals surface area contributed by atoms with Crippen molar-refractivity contribution in [2.24, 2.45) is 52.3 Å². The van der Waals surface area contributed by atoms with Crippen molar-refractivity contribution in [3.8, 4) is 0 Å². The van der Waals surface area contributed by atoms with Gasteiger partial charge in [-0.1, -0.05) is 54.9 Å². The van der Waals surface area contributed by atoms with Crippen LogP contribution >= 0.6 is 0 Å². The molecule has 0 aromatic heterocycles. The van der Waals surface area contributed by atoms with Crippen molar-refractivity contribution in [1.29, 1.82) is 0 Å². The average molecular weight is 565 g/mol. The Hall–Kier alpha value is 0.314. The van der Waals surface area contributed by atoms with Crippen LogP contribution in [0.5, 0.6) is 0 Å². The number of fused-ring (bicyclic) bond motifs is 5. The van der Waals surface area contributed by atoms with Crippen LogP contribution in [0.4, 0.5) is 0 Å². The molecule has 0 aromatic carbocycles. The molecular formula is C33H64O3Si2. The normalized spacial score (nSPS) is 44.8. The Labute approximate surface area is 238 Å². The third-order valence-electron chi connectivity index (χ3n) is 13.1. The third kappa shape index (κ3) is 5.31. The van der Waals surface area contributed by atoms with Crippen LogP contribution in [0.1, 0.15) is 99.8 Å². The van der Waals surface area contributed by atoms with E-state index < -0.39 is 16.6 Å². The molecule has 0 aromatic rings. The highest BCUT2D eigenvalue weighted by Gasteiger charge is 2.66. The molecule has 0 heterocycles. The van der Waals surface area contributed by atoms with Crippen LogP contribution in [0.3, 0.4) is 0 Å². The predicted octanol–water partition coefficient (Wildman–Crippen LogP) is 9.13. The lowest BCUT2D eigenvalue weighted by atomic mass is 9.41. The Morgan fingerprint density at radius 3 is 2.03 bits per heavy atom. The summed E-state index contributed by atoms with van der Waals surface area (Å²) in [5.41, 5.74) is 0.758. The molecule has 6 unspecified atom stereocenters. The van der Waals surface area contributed by atoms with Crippen LogP contribution < -0.4 is 0 Å². The summed E-state index contributed by atoms with van der Waals surface area (Å²) in [6, 6.07) is 0. The molecule has 0 saturated heterocycles. The maximum absolute atomic E-state index is 10.1. The van der Waals surface area contributed by atoms with Crippen molar-refractivity contribution >= 4 is 16.6 Å². The average Bonchev–Trinajstić information content (AvgIpc) is 3.14. The van der Waals surface area contributed by atoms with Gasteiger partial charge in [0.1, 0.15) is 0 Å². The van der Waals surface area contributed by atoms with E-state index in [0.29, 0.717) is 59.2 Å². The first kappa shape index (κ1) is 31.3. The minimum absolute atomic E-state index is 0.262. The molecule has 5 heteroatoms. The standard InChI is InChI=1S/C33H64O3Si2/c1-13-24-28-20-23(35-38(11,12)31(3,4)5)16-18-33(28,7)27-17-19-32(6)25(22(2)21-34)14-15-26(32)29(27)30(24)36-37(8,9)10/h22-30,34H,13-21H2,1-12H3/t22-,23?,24-,25?,26+,27+,28?,29+,30?,32?,33?/m1/s1. The zero-order valence-corrected chi connectivity index (χ0v) is 29.3. The van der Waals surface area contributed by atoms with Crippen molar-refractivity contribution < 1.29 is 14.0 Å². The molecular weight excluding hydrogens is 501 g/mol. The topological polar surface area (TPSA) is 38.7 Å². The fourth-order valence-electron chi connectivity index (χ4n) is 10.3. The van der Waals surface area contributed by atoms with E-state index in [2.05, 4.69) is 81.2 Å². The van der Waals surface area contributed by atoms with E-state index in [1.165, 1.54) is 51.4 Å². The van der Waals surface area contributed by atoms with Crippen molar-refractivity contribution in [3.05, 3.63) is 0 Å². The molecule has 0 bridgehead atoms. The zero-order chi connectivity index (χ0) is 28.5. The van der Waals surface area contributed by atoms with Gasteiger partial charge in [0, 0.05) is 12.7 Å². The first-order valence-electron chi connectivity index (χ1n) is 16.4. The van der Waals surface area contributed by atoms with Gasteiger partial charge in [0.05, 0.1) is 6.10 Å². The number of aliphatic hydroxyl groups excluding tert-OH is 1. The van der Waals surface area contributed by atoms with Crippen molar-refractivity contribution in [1.82, 2.24) is 0 Å². The van der Waals surface area contributed by atoms with Crippen molar-refractivity contribution in [2.75, 3.05) is 6.61 Å². The van der Waals surface area contributed by atoms with Crippen molar-refractivity contribution in [2.45, 2.75) is 150 Å². The molecule has 11 atom stereocenters. The second-order valence-electron chi connectivity index (χ2n) is 17.3. The summed E-state index contributed by atoms with van der Waals surface area (Å²) < 4.78 is 14.5. The molecule has 4 rings (SSSR count). The quantitative estimate of drug-likeness (QED) is 0.313. The zero-order valence-electron chi connectivity index (χ0n) is 27.3. The molecule has 0 amide bonds. The van der Waals surface area contributed by atoms with Gasteiger partial charge in [0.25, 0.3) is 0 Å². The van der Waals surface area contributed by atoms with E-state index in [4.69, 9.17) is 8.85 Å². The summed E-state index contributed by atoms with van der Waals surface area (Å²) >= 11 is 0. The Morgan fingerprint density at radius 2 is 1.47 bits per heavy atom. The summed E-state index contributed by atoms with van der Waals surface area (Å²) in [6.45, 7) is 29.7. The number of aliphatic hydroxyl groups is 1. The van der Waals surface area contributed by atoms with Crippen LogP contribution in [0, 0.1) is 52.3 Å². The van der Waals surface area contributed by atoms with Gasteiger partial charge < -0.3 is 14.0 Å². The van der Waals surface area contributed by atoms with Gasteiger partial charge in [-0.05, 0) is 135 Å². The van der Waals surface area contributed by atoms with Crippen LogP contribution in [0.15, 0.2) is 0 Å². The molecule has 1 N–H and O–H groups in total. The van der Waals surface area contributed by atoms with Gasteiger partial charge in [-0.2, -0.15) is 0 Å². The Morgan fingerprint density at radius 1 is 0.868 bits per heavy atom.